The average molecular weight is 420 g/mol. The molecule has 2 heterocycles. The first-order valence-corrected chi connectivity index (χ1v) is 11.4. The molecule has 0 bridgehead atoms. The Morgan fingerprint density at radius 2 is 2.00 bits per heavy atom. The Balaban J connectivity index is 1.40. The van der Waals surface area contributed by atoms with Crippen LogP contribution in [-0.2, 0) is 4.79 Å². The van der Waals surface area contributed by atoms with Crippen LogP contribution >= 0.6 is 22.9 Å². The topological polar surface area (TPSA) is 54.3 Å². The lowest BCUT2D eigenvalue weighted by Crippen LogP contribution is -2.45. The first kappa shape index (κ1) is 19.7. The van der Waals surface area contributed by atoms with E-state index in [1.807, 2.05) is 12.0 Å². The van der Waals surface area contributed by atoms with Gasteiger partial charge < -0.3 is 10.3 Å². The van der Waals surface area contributed by atoms with Gasteiger partial charge in [-0.05, 0) is 56.7 Å². The number of thiazole rings is 1. The van der Waals surface area contributed by atoms with Crippen LogP contribution in [0.4, 0.5) is 0 Å². The van der Waals surface area contributed by atoms with Crippen molar-refractivity contribution in [2.45, 2.75) is 51.0 Å². The number of halogens is 1. The Labute approximate surface area is 173 Å². The third kappa shape index (κ3) is 4.36. The van der Waals surface area contributed by atoms with Crippen molar-refractivity contribution in [2.75, 3.05) is 24.6 Å². The molecule has 4 rings (SSSR count). The van der Waals surface area contributed by atoms with E-state index in [2.05, 4.69) is 10.3 Å². The monoisotopic (exact) mass is 419 g/mol. The molecule has 1 aliphatic carbocycles. The highest BCUT2D eigenvalue weighted by Crippen LogP contribution is 2.30. The van der Waals surface area contributed by atoms with Crippen molar-refractivity contribution in [2.24, 2.45) is 5.92 Å². The normalized spacial score (nSPS) is 17.8. The molecule has 1 N–H and O–H groups in total. The molecule has 7 heteroatoms. The molecule has 2 aromatic rings. The number of nitrogens with zero attached hydrogens (tertiary/aromatic N) is 2. The second-order valence-electron chi connectivity index (χ2n) is 7.87. The molecule has 0 spiro atoms. The van der Waals surface area contributed by atoms with Crippen molar-refractivity contribution >= 4 is 45.2 Å². The van der Waals surface area contributed by atoms with E-state index >= 15 is 0 Å². The van der Waals surface area contributed by atoms with Crippen LogP contribution in [0.25, 0.3) is 16.3 Å². The molecule has 150 valence electrons. The van der Waals surface area contributed by atoms with Gasteiger partial charge in [-0.1, -0.05) is 35.8 Å². The van der Waals surface area contributed by atoms with Gasteiger partial charge in [0.05, 0.1) is 15.2 Å². The highest BCUT2D eigenvalue weighted by molar-refractivity contribution is 7.16. The maximum atomic E-state index is 12.7. The van der Waals surface area contributed by atoms with E-state index in [9.17, 15) is 9.59 Å². The SMILES string of the molecule is O=C=Cc1c(Cl)ccc2sc(=O)n(N3CCC(CCCCNC4CC4)CC3)c12. The minimum absolute atomic E-state index is 0.0255. The Bertz CT molecular complexity index is 935. The molecule has 0 atom stereocenters. The van der Waals surface area contributed by atoms with E-state index in [0.29, 0.717) is 10.6 Å². The lowest BCUT2D eigenvalue weighted by Gasteiger charge is -2.34. The molecule has 0 radical (unpaired) electrons. The number of carbonyl (C=O) groups excluding carboxylic acids is 1. The van der Waals surface area contributed by atoms with Gasteiger partial charge in [-0.2, -0.15) is 0 Å². The molecule has 28 heavy (non-hydrogen) atoms. The predicted molar refractivity (Wildman–Crippen MR) is 117 cm³/mol. The average Bonchev–Trinajstić information content (AvgIpc) is 3.46. The molecule has 5 nitrogen and oxygen atoms in total. The van der Waals surface area contributed by atoms with Crippen LogP contribution in [0.15, 0.2) is 16.9 Å². The zero-order valence-corrected chi connectivity index (χ0v) is 17.5. The van der Waals surface area contributed by atoms with E-state index in [1.54, 1.807) is 10.7 Å². The summed E-state index contributed by atoms with van der Waals surface area (Å²) in [5.41, 5.74) is 1.31. The number of benzene rings is 1. The second-order valence-corrected chi connectivity index (χ2v) is 9.27. The number of piperidine rings is 1. The van der Waals surface area contributed by atoms with E-state index in [-0.39, 0.29) is 4.87 Å². The molecule has 1 saturated heterocycles. The van der Waals surface area contributed by atoms with Gasteiger partial charge in [0.25, 0.3) is 0 Å². The zero-order valence-electron chi connectivity index (χ0n) is 16.0. The summed E-state index contributed by atoms with van der Waals surface area (Å²) in [5.74, 6) is 2.55. The number of hydrogen-bond acceptors (Lipinski definition) is 5. The predicted octanol–water partition coefficient (Wildman–Crippen LogP) is 3.83. The van der Waals surface area contributed by atoms with E-state index in [1.165, 1.54) is 49.5 Å². The lowest BCUT2D eigenvalue weighted by atomic mass is 9.92. The summed E-state index contributed by atoms with van der Waals surface area (Å²) in [6, 6.07) is 4.39. The third-order valence-electron chi connectivity index (χ3n) is 5.84. The summed E-state index contributed by atoms with van der Waals surface area (Å²) in [6.07, 6.45) is 10.0. The molecular weight excluding hydrogens is 394 g/mol. The minimum atomic E-state index is -0.0255. The van der Waals surface area contributed by atoms with E-state index in [0.717, 1.165) is 54.7 Å². The van der Waals surface area contributed by atoms with E-state index in [4.69, 9.17) is 11.6 Å². The van der Waals surface area contributed by atoms with Gasteiger partial charge >= 0.3 is 4.87 Å². The number of fused-ring (bicyclic) bond motifs is 1. The fourth-order valence-corrected chi connectivity index (χ4v) is 5.22. The number of hydrogen-bond donors (Lipinski definition) is 1. The molecule has 0 unspecified atom stereocenters. The van der Waals surface area contributed by atoms with Gasteiger partial charge in [-0.15, -0.1) is 0 Å². The van der Waals surface area contributed by atoms with Gasteiger partial charge in [0, 0.05) is 30.8 Å². The first-order chi connectivity index (χ1) is 13.7. The number of nitrogens with one attached hydrogen (secondary N) is 1. The molecule has 2 aliphatic rings. The van der Waals surface area contributed by atoms with Crippen molar-refractivity contribution < 1.29 is 4.79 Å². The minimum Gasteiger partial charge on any atom is -0.314 e. The maximum Gasteiger partial charge on any atom is 0.326 e. The van der Waals surface area contributed by atoms with Gasteiger partial charge in [0.2, 0.25) is 0 Å². The van der Waals surface area contributed by atoms with Crippen LogP contribution in [-0.4, -0.2) is 36.3 Å². The van der Waals surface area contributed by atoms with Gasteiger partial charge in [0.15, 0.2) is 0 Å². The van der Waals surface area contributed by atoms with Gasteiger partial charge in [-0.25, -0.2) is 9.47 Å². The Morgan fingerprint density at radius 1 is 1.21 bits per heavy atom. The third-order valence-corrected chi connectivity index (χ3v) is 7.06. The van der Waals surface area contributed by atoms with Crippen molar-refractivity contribution in [3.05, 3.63) is 32.4 Å². The fourth-order valence-electron chi connectivity index (χ4n) is 4.11. The van der Waals surface area contributed by atoms with E-state index < -0.39 is 0 Å². The standard InChI is InChI=1S/C21H26ClN3O2S/c22-18-6-7-19-20(17(18)10-14-26)25(21(27)28-19)24-12-8-15(9-13-24)3-1-2-11-23-16-4-5-16/h6-7,10,15-16,23H,1-5,8-9,11-13H2. The number of unbranched alkanes of at least 4 members (excludes halogenated alkanes) is 1. The molecule has 1 aromatic heterocycles. The smallest absolute Gasteiger partial charge is 0.314 e. The molecule has 0 amide bonds. The molecular formula is C21H26ClN3O2S. The Hall–Kier alpha value is -1.59. The highest BCUT2D eigenvalue weighted by Gasteiger charge is 2.24. The maximum absolute atomic E-state index is 12.7. The summed E-state index contributed by atoms with van der Waals surface area (Å²) in [7, 11) is 0. The number of aromatic nitrogens is 1. The summed E-state index contributed by atoms with van der Waals surface area (Å²) >= 11 is 7.49. The van der Waals surface area contributed by atoms with Crippen LogP contribution in [0, 0.1) is 5.92 Å². The van der Waals surface area contributed by atoms with Crippen LogP contribution in [0.3, 0.4) is 0 Å². The summed E-state index contributed by atoms with van der Waals surface area (Å²) in [4.78, 5) is 23.6. The lowest BCUT2D eigenvalue weighted by molar-refractivity contribution is 0.337. The molecule has 1 aromatic carbocycles. The molecule has 1 saturated carbocycles. The highest BCUT2D eigenvalue weighted by atomic mass is 35.5. The summed E-state index contributed by atoms with van der Waals surface area (Å²) in [5, 5.41) is 6.16. The van der Waals surface area contributed by atoms with Crippen LogP contribution in [0.2, 0.25) is 5.02 Å². The van der Waals surface area contributed by atoms with Crippen molar-refractivity contribution in [3.63, 3.8) is 0 Å². The molecule has 2 fully saturated rings. The quantitative estimate of drug-likeness (QED) is 0.522. The Kier molecular flexibility index (Phi) is 6.22. The van der Waals surface area contributed by atoms with Crippen molar-refractivity contribution in [1.29, 1.82) is 0 Å². The van der Waals surface area contributed by atoms with Crippen LogP contribution in [0.5, 0.6) is 0 Å². The van der Waals surface area contributed by atoms with Crippen molar-refractivity contribution in [1.82, 2.24) is 9.99 Å². The first-order valence-electron chi connectivity index (χ1n) is 10.2. The second kappa shape index (κ2) is 8.83. The van der Waals surface area contributed by atoms with Crippen LogP contribution < -0.4 is 15.2 Å². The van der Waals surface area contributed by atoms with Gasteiger partial charge in [0.1, 0.15) is 5.94 Å². The summed E-state index contributed by atoms with van der Waals surface area (Å²) in [6.45, 7) is 2.86. The fraction of sp³-hybridized carbons (Fsp3) is 0.571. The van der Waals surface area contributed by atoms with Crippen molar-refractivity contribution in [3.8, 4) is 0 Å². The van der Waals surface area contributed by atoms with Crippen LogP contribution in [0.1, 0.15) is 50.5 Å². The zero-order chi connectivity index (χ0) is 19.5. The Morgan fingerprint density at radius 3 is 2.71 bits per heavy atom. The van der Waals surface area contributed by atoms with Gasteiger partial charge in [-0.3, -0.25) is 4.79 Å². The largest absolute Gasteiger partial charge is 0.326 e. The summed E-state index contributed by atoms with van der Waals surface area (Å²) < 4.78 is 2.58. The molecule has 1 aliphatic heterocycles. The number of rotatable bonds is 8.